The lowest BCUT2D eigenvalue weighted by atomic mass is 10.2. The van der Waals surface area contributed by atoms with Crippen molar-refractivity contribution in [1.82, 2.24) is 5.32 Å². The zero-order chi connectivity index (χ0) is 19.6. The second kappa shape index (κ2) is 9.91. The topological polar surface area (TPSA) is 95.1 Å². The molecule has 27 heavy (non-hydrogen) atoms. The number of nitrogens with one attached hydrogen (secondary N) is 2. The van der Waals surface area contributed by atoms with Crippen LogP contribution in [0.1, 0.15) is 0 Å². The number of carbonyl (C=O) groups is 2. The monoisotopic (exact) mass is 374 g/mol. The van der Waals surface area contributed by atoms with Crippen LogP contribution in [0.5, 0.6) is 23.0 Å². The van der Waals surface area contributed by atoms with Crippen LogP contribution in [0, 0.1) is 0 Å². The normalized spacial score (nSPS) is 9.89. The van der Waals surface area contributed by atoms with Crippen LogP contribution >= 0.6 is 0 Å². The molecule has 2 N–H and O–H groups in total. The first-order valence-electron chi connectivity index (χ1n) is 8.15. The number of rotatable bonds is 8. The number of benzene rings is 2. The maximum atomic E-state index is 12.0. The Morgan fingerprint density at radius 3 is 2.07 bits per heavy atom. The van der Waals surface area contributed by atoms with Gasteiger partial charge in [-0.1, -0.05) is 0 Å². The standard InChI is InChI=1S/C19H22N2O6/c1-24-13-4-6-14(7-5-13)27-11-10-20-18(22)19(23)21-16-9-8-15(25-2)12-17(16)26-3/h4-9,12H,10-11H2,1-3H3,(H,20,22)(H,21,23). The van der Waals surface area contributed by atoms with Crippen LogP contribution in [0.15, 0.2) is 42.5 Å². The van der Waals surface area contributed by atoms with E-state index in [9.17, 15) is 9.59 Å². The van der Waals surface area contributed by atoms with Crippen LogP contribution in [-0.2, 0) is 9.59 Å². The van der Waals surface area contributed by atoms with Crippen molar-refractivity contribution in [2.45, 2.75) is 0 Å². The zero-order valence-corrected chi connectivity index (χ0v) is 15.4. The molecular weight excluding hydrogens is 352 g/mol. The van der Waals surface area contributed by atoms with Crippen LogP contribution in [0.4, 0.5) is 5.69 Å². The molecule has 2 amide bonds. The van der Waals surface area contributed by atoms with Gasteiger partial charge < -0.3 is 29.6 Å². The van der Waals surface area contributed by atoms with E-state index in [0.29, 0.717) is 22.9 Å². The molecule has 0 heterocycles. The van der Waals surface area contributed by atoms with Crippen molar-refractivity contribution < 1.29 is 28.5 Å². The van der Waals surface area contributed by atoms with Gasteiger partial charge in [-0.15, -0.1) is 0 Å². The second-order valence-electron chi connectivity index (χ2n) is 5.30. The highest BCUT2D eigenvalue weighted by Crippen LogP contribution is 2.28. The van der Waals surface area contributed by atoms with Crippen molar-refractivity contribution in [2.75, 3.05) is 39.8 Å². The molecule has 0 bridgehead atoms. The second-order valence-corrected chi connectivity index (χ2v) is 5.30. The summed E-state index contributed by atoms with van der Waals surface area (Å²) in [5, 5.41) is 4.99. The van der Waals surface area contributed by atoms with Gasteiger partial charge in [0.2, 0.25) is 0 Å². The Labute approximate surface area is 157 Å². The van der Waals surface area contributed by atoms with Gasteiger partial charge in [-0.2, -0.15) is 0 Å². The van der Waals surface area contributed by atoms with E-state index in [1.165, 1.54) is 14.2 Å². The van der Waals surface area contributed by atoms with Crippen molar-refractivity contribution in [3.63, 3.8) is 0 Å². The number of hydrogen-bond donors (Lipinski definition) is 2. The summed E-state index contributed by atoms with van der Waals surface area (Å²) in [5.41, 5.74) is 0.368. The van der Waals surface area contributed by atoms with Crippen molar-refractivity contribution in [3.05, 3.63) is 42.5 Å². The number of anilines is 1. The van der Waals surface area contributed by atoms with E-state index in [1.54, 1.807) is 49.6 Å². The fraction of sp³-hybridized carbons (Fsp3) is 0.263. The first kappa shape index (κ1) is 19.9. The Morgan fingerprint density at radius 1 is 0.815 bits per heavy atom. The molecule has 0 aliphatic rings. The fourth-order valence-electron chi connectivity index (χ4n) is 2.17. The number of hydrogen-bond acceptors (Lipinski definition) is 6. The molecule has 2 rings (SSSR count). The smallest absolute Gasteiger partial charge is 0.313 e. The minimum absolute atomic E-state index is 0.179. The van der Waals surface area contributed by atoms with E-state index >= 15 is 0 Å². The third-order valence-electron chi connectivity index (χ3n) is 3.58. The Kier molecular flexibility index (Phi) is 7.30. The minimum atomic E-state index is -0.803. The minimum Gasteiger partial charge on any atom is -0.497 e. The zero-order valence-electron chi connectivity index (χ0n) is 15.4. The van der Waals surface area contributed by atoms with Gasteiger partial charge in [-0.3, -0.25) is 9.59 Å². The van der Waals surface area contributed by atoms with Crippen molar-refractivity contribution >= 4 is 17.5 Å². The molecule has 0 unspecified atom stereocenters. The predicted octanol–water partition coefficient (Wildman–Crippen LogP) is 1.85. The SMILES string of the molecule is COc1ccc(OCCNC(=O)C(=O)Nc2ccc(OC)cc2OC)cc1. The molecule has 0 atom stereocenters. The molecule has 0 aromatic heterocycles. The Morgan fingerprint density at radius 2 is 1.44 bits per heavy atom. The van der Waals surface area contributed by atoms with Crippen LogP contribution in [0.2, 0.25) is 0 Å². The molecule has 0 aliphatic carbocycles. The summed E-state index contributed by atoms with van der Waals surface area (Å²) in [6, 6.07) is 11.9. The lowest BCUT2D eigenvalue weighted by Gasteiger charge is -2.12. The average Bonchev–Trinajstić information content (AvgIpc) is 2.71. The van der Waals surface area contributed by atoms with Crippen molar-refractivity contribution in [1.29, 1.82) is 0 Å². The van der Waals surface area contributed by atoms with Gasteiger partial charge in [0.25, 0.3) is 0 Å². The Hall–Kier alpha value is -3.42. The van der Waals surface area contributed by atoms with E-state index in [0.717, 1.165) is 5.75 Å². The molecule has 8 nitrogen and oxygen atoms in total. The molecule has 0 saturated heterocycles. The Balaban J connectivity index is 1.79. The molecule has 2 aromatic carbocycles. The molecule has 8 heteroatoms. The fourth-order valence-corrected chi connectivity index (χ4v) is 2.17. The van der Waals surface area contributed by atoms with E-state index < -0.39 is 11.8 Å². The van der Waals surface area contributed by atoms with Crippen LogP contribution in [-0.4, -0.2) is 46.3 Å². The summed E-state index contributed by atoms with van der Waals surface area (Å²) in [4.78, 5) is 23.9. The molecule has 0 aliphatic heterocycles. The van der Waals surface area contributed by atoms with Crippen LogP contribution in [0.3, 0.4) is 0 Å². The Bertz CT molecular complexity index is 776. The van der Waals surface area contributed by atoms with E-state index in [1.807, 2.05) is 0 Å². The highest BCUT2D eigenvalue weighted by molar-refractivity contribution is 6.39. The maximum absolute atomic E-state index is 12.0. The van der Waals surface area contributed by atoms with Crippen LogP contribution in [0.25, 0.3) is 0 Å². The van der Waals surface area contributed by atoms with Crippen molar-refractivity contribution in [2.24, 2.45) is 0 Å². The quantitative estimate of drug-likeness (QED) is 0.541. The number of ether oxygens (including phenoxy) is 4. The number of amides is 2. The average molecular weight is 374 g/mol. The van der Waals surface area contributed by atoms with Crippen molar-refractivity contribution in [3.8, 4) is 23.0 Å². The number of methoxy groups -OCH3 is 3. The van der Waals surface area contributed by atoms with E-state index in [4.69, 9.17) is 18.9 Å². The molecule has 0 radical (unpaired) electrons. The summed E-state index contributed by atoms with van der Waals surface area (Å²) in [5.74, 6) is 0.746. The highest BCUT2D eigenvalue weighted by atomic mass is 16.5. The van der Waals surface area contributed by atoms with Gasteiger partial charge in [-0.05, 0) is 36.4 Å². The number of carbonyl (C=O) groups excluding carboxylic acids is 2. The van der Waals surface area contributed by atoms with E-state index in [2.05, 4.69) is 10.6 Å². The summed E-state index contributed by atoms with van der Waals surface area (Å²) >= 11 is 0. The summed E-state index contributed by atoms with van der Waals surface area (Å²) in [7, 11) is 4.56. The molecule has 0 fully saturated rings. The van der Waals surface area contributed by atoms with Gasteiger partial charge >= 0.3 is 11.8 Å². The first-order chi connectivity index (χ1) is 13.1. The largest absolute Gasteiger partial charge is 0.497 e. The molecule has 0 spiro atoms. The van der Waals surface area contributed by atoms with Gasteiger partial charge in [0.1, 0.15) is 29.6 Å². The predicted molar refractivity (Wildman–Crippen MR) is 99.7 cm³/mol. The van der Waals surface area contributed by atoms with E-state index in [-0.39, 0.29) is 13.2 Å². The summed E-state index contributed by atoms with van der Waals surface area (Å²) in [6.45, 7) is 0.398. The summed E-state index contributed by atoms with van der Waals surface area (Å²) < 4.78 is 20.8. The molecule has 2 aromatic rings. The third kappa shape index (κ3) is 5.81. The van der Waals surface area contributed by atoms with Crippen LogP contribution < -0.4 is 29.6 Å². The lowest BCUT2D eigenvalue weighted by Crippen LogP contribution is -2.37. The maximum Gasteiger partial charge on any atom is 0.313 e. The summed E-state index contributed by atoms with van der Waals surface area (Å²) in [6.07, 6.45) is 0. The molecule has 0 saturated carbocycles. The lowest BCUT2D eigenvalue weighted by molar-refractivity contribution is -0.136. The molecular formula is C19H22N2O6. The van der Waals surface area contributed by atoms with Gasteiger partial charge in [0.15, 0.2) is 0 Å². The highest BCUT2D eigenvalue weighted by Gasteiger charge is 2.15. The van der Waals surface area contributed by atoms with Gasteiger partial charge in [-0.25, -0.2) is 0 Å². The van der Waals surface area contributed by atoms with Gasteiger partial charge in [0, 0.05) is 6.07 Å². The van der Waals surface area contributed by atoms with Gasteiger partial charge in [0.05, 0.1) is 33.6 Å². The third-order valence-corrected chi connectivity index (χ3v) is 3.58. The molecule has 144 valence electrons. The first-order valence-corrected chi connectivity index (χ1v) is 8.15.